The molecule has 0 atom stereocenters. The van der Waals surface area contributed by atoms with E-state index in [9.17, 15) is 8.42 Å². The summed E-state index contributed by atoms with van der Waals surface area (Å²) >= 11 is 0. The van der Waals surface area contributed by atoms with E-state index in [2.05, 4.69) is 9.71 Å². The van der Waals surface area contributed by atoms with Gasteiger partial charge in [-0.25, -0.2) is 8.42 Å². The molecule has 122 valence electrons. The molecule has 0 amide bonds. The number of rotatable bonds is 5. The summed E-state index contributed by atoms with van der Waals surface area (Å²) < 4.78 is 33.4. The summed E-state index contributed by atoms with van der Waals surface area (Å²) in [4.78, 5) is 4.18. The van der Waals surface area contributed by atoms with Crippen molar-refractivity contribution >= 4 is 15.7 Å². The SMILES string of the molecule is Cc1ccc(S(=O)(=O)Nc2ccccc2Oc2cccnc2)cc1. The Kier molecular flexibility index (Phi) is 4.48. The monoisotopic (exact) mass is 340 g/mol. The molecule has 0 bridgehead atoms. The molecule has 1 N–H and O–H groups in total. The van der Waals surface area contributed by atoms with Crippen LogP contribution in [0.3, 0.4) is 0 Å². The van der Waals surface area contributed by atoms with Crippen molar-refractivity contribution in [3.8, 4) is 11.5 Å². The number of hydrogen-bond acceptors (Lipinski definition) is 4. The van der Waals surface area contributed by atoms with Crippen molar-refractivity contribution in [1.29, 1.82) is 0 Å². The van der Waals surface area contributed by atoms with Gasteiger partial charge in [-0.1, -0.05) is 29.8 Å². The van der Waals surface area contributed by atoms with Gasteiger partial charge in [-0.3, -0.25) is 9.71 Å². The maximum absolute atomic E-state index is 12.5. The van der Waals surface area contributed by atoms with Gasteiger partial charge in [0.25, 0.3) is 10.0 Å². The van der Waals surface area contributed by atoms with E-state index in [1.165, 1.54) is 0 Å². The van der Waals surface area contributed by atoms with Crippen LogP contribution in [0.15, 0.2) is 78.0 Å². The van der Waals surface area contributed by atoms with E-state index in [-0.39, 0.29) is 4.90 Å². The summed E-state index contributed by atoms with van der Waals surface area (Å²) in [5, 5.41) is 0. The van der Waals surface area contributed by atoms with Crippen molar-refractivity contribution in [1.82, 2.24) is 4.98 Å². The van der Waals surface area contributed by atoms with Crippen molar-refractivity contribution in [2.75, 3.05) is 4.72 Å². The van der Waals surface area contributed by atoms with E-state index in [1.807, 2.05) is 6.92 Å². The Morgan fingerprint density at radius 1 is 0.958 bits per heavy atom. The first-order chi connectivity index (χ1) is 11.5. The first-order valence-corrected chi connectivity index (χ1v) is 8.79. The molecule has 0 aliphatic heterocycles. The van der Waals surface area contributed by atoms with Crippen LogP contribution in [0.5, 0.6) is 11.5 Å². The summed E-state index contributed by atoms with van der Waals surface area (Å²) in [5.74, 6) is 0.931. The Bertz CT molecular complexity index is 924. The van der Waals surface area contributed by atoms with Gasteiger partial charge in [0.1, 0.15) is 5.75 Å². The van der Waals surface area contributed by atoms with E-state index in [0.717, 1.165) is 5.56 Å². The van der Waals surface area contributed by atoms with Crippen LogP contribution < -0.4 is 9.46 Å². The van der Waals surface area contributed by atoms with E-state index in [4.69, 9.17) is 4.74 Å². The fraction of sp³-hybridized carbons (Fsp3) is 0.0556. The fourth-order valence-electron chi connectivity index (χ4n) is 2.10. The first kappa shape index (κ1) is 16.0. The minimum atomic E-state index is -3.69. The highest BCUT2D eigenvalue weighted by molar-refractivity contribution is 7.92. The second-order valence-electron chi connectivity index (χ2n) is 5.21. The smallest absolute Gasteiger partial charge is 0.262 e. The van der Waals surface area contributed by atoms with Gasteiger partial charge in [0, 0.05) is 6.20 Å². The minimum absolute atomic E-state index is 0.198. The molecule has 0 saturated carbocycles. The molecular formula is C18H16N2O3S. The lowest BCUT2D eigenvalue weighted by Crippen LogP contribution is -2.13. The Labute approximate surface area is 141 Å². The summed E-state index contributed by atoms with van der Waals surface area (Å²) in [6.07, 6.45) is 3.20. The molecule has 0 fully saturated rings. The number of aromatic nitrogens is 1. The second kappa shape index (κ2) is 6.72. The lowest BCUT2D eigenvalue weighted by Gasteiger charge is -2.13. The molecule has 3 rings (SSSR count). The van der Waals surface area contributed by atoms with Gasteiger partial charge in [0.15, 0.2) is 5.75 Å². The number of aryl methyl sites for hydroxylation is 1. The third-order valence-electron chi connectivity index (χ3n) is 3.32. The van der Waals surface area contributed by atoms with Gasteiger partial charge in [-0.15, -0.1) is 0 Å². The minimum Gasteiger partial charge on any atom is -0.454 e. The molecule has 1 heterocycles. The molecule has 0 radical (unpaired) electrons. The average molecular weight is 340 g/mol. The van der Waals surface area contributed by atoms with Gasteiger partial charge < -0.3 is 4.74 Å². The van der Waals surface area contributed by atoms with Crippen molar-refractivity contribution in [3.63, 3.8) is 0 Å². The van der Waals surface area contributed by atoms with E-state index in [0.29, 0.717) is 17.2 Å². The summed E-state index contributed by atoms with van der Waals surface area (Å²) in [7, 11) is -3.69. The number of ether oxygens (including phenoxy) is 1. The molecule has 0 aliphatic carbocycles. The van der Waals surface area contributed by atoms with Crippen LogP contribution in [-0.4, -0.2) is 13.4 Å². The highest BCUT2D eigenvalue weighted by Crippen LogP contribution is 2.30. The Hall–Kier alpha value is -2.86. The normalized spacial score (nSPS) is 11.0. The van der Waals surface area contributed by atoms with Gasteiger partial charge >= 0.3 is 0 Å². The van der Waals surface area contributed by atoms with E-state index < -0.39 is 10.0 Å². The summed E-state index contributed by atoms with van der Waals surface area (Å²) in [6, 6.07) is 17.0. The number of sulfonamides is 1. The van der Waals surface area contributed by atoms with Crippen molar-refractivity contribution in [2.45, 2.75) is 11.8 Å². The molecule has 0 spiro atoms. The molecule has 1 aromatic heterocycles. The number of pyridine rings is 1. The van der Waals surface area contributed by atoms with Crippen molar-refractivity contribution < 1.29 is 13.2 Å². The van der Waals surface area contributed by atoms with E-state index in [1.54, 1.807) is 73.1 Å². The lowest BCUT2D eigenvalue weighted by molar-refractivity contribution is 0.482. The number of benzene rings is 2. The van der Waals surface area contributed by atoms with Crippen LogP contribution in [0.1, 0.15) is 5.56 Å². The molecule has 6 heteroatoms. The largest absolute Gasteiger partial charge is 0.454 e. The third kappa shape index (κ3) is 3.72. The van der Waals surface area contributed by atoms with Crippen LogP contribution in [-0.2, 0) is 10.0 Å². The van der Waals surface area contributed by atoms with Crippen molar-refractivity contribution in [2.24, 2.45) is 0 Å². The first-order valence-electron chi connectivity index (χ1n) is 7.31. The van der Waals surface area contributed by atoms with Crippen LogP contribution >= 0.6 is 0 Å². The van der Waals surface area contributed by atoms with Crippen LogP contribution in [0.25, 0.3) is 0 Å². The number of hydrogen-bond donors (Lipinski definition) is 1. The number of para-hydroxylation sites is 2. The second-order valence-corrected chi connectivity index (χ2v) is 6.89. The Morgan fingerprint density at radius 2 is 1.71 bits per heavy atom. The lowest BCUT2D eigenvalue weighted by atomic mass is 10.2. The maximum atomic E-state index is 12.5. The molecule has 2 aromatic carbocycles. The van der Waals surface area contributed by atoms with Gasteiger partial charge in [0.2, 0.25) is 0 Å². The molecule has 3 aromatic rings. The molecule has 24 heavy (non-hydrogen) atoms. The zero-order valence-electron chi connectivity index (χ0n) is 13.0. The van der Waals surface area contributed by atoms with Gasteiger partial charge in [-0.05, 0) is 43.3 Å². The maximum Gasteiger partial charge on any atom is 0.262 e. The molecular weight excluding hydrogens is 324 g/mol. The summed E-state index contributed by atoms with van der Waals surface area (Å²) in [6.45, 7) is 1.90. The standard InChI is InChI=1S/C18H16N2O3S/c1-14-8-10-16(11-9-14)24(21,22)20-17-6-2-3-7-18(17)23-15-5-4-12-19-13-15/h2-13,20H,1H3. The molecule has 0 unspecified atom stereocenters. The quantitative estimate of drug-likeness (QED) is 0.763. The number of nitrogens with one attached hydrogen (secondary N) is 1. The van der Waals surface area contributed by atoms with Crippen LogP contribution in [0.4, 0.5) is 5.69 Å². The fourth-order valence-corrected chi connectivity index (χ4v) is 3.17. The third-order valence-corrected chi connectivity index (χ3v) is 4.71. The highest BCUT2D eigenvalue weighted by atomic mass is 32.2. The molecule has 5 nitrogen and oxygen atoms in total. The molecule has 0 saturated heterocycles. The predicted octanol–water partition coefficient (Wildman–Crippen LogP) is 3.98. The Morgan fingerprint density at radius 3 is 2.42 bits per heavy atom. The predicted molar refractivity (Wildman–Crippen MR) is 92.7 cm³/mol. The van der Waals surface area contributed by atoms with Crippen LogP contribution in [0, 0.1) is 6.92 Å². The highest BCUT2D eigenvalue weighted by Gasteiger charge is 2.16. The number of nitrogens with zero attached hydrogens (tertiary/aromatic N) is 1. The van der Waals surface area contributed by atoms with Crippen LogP contribution in [0.2, 0.25) is 0 Å². The van der Waals surface area contributed by atoms with Crippen molar-refractivity contribution in [3.05, 3.63) is 78.6 Å². The van der Waals surface area contributed by atoms with Gasteiger partial charge in [0.05, 0.1) is 16.8 Å². The Balaban J connectivity index is 1.89. The zero-order valence-corrected chi connectivity index (χ0v) is 13.8. The topological polar surface area (TPSA) is 68.3 Å². The van der Waals surface area contributed by atoms with Gasteiger partial charge in [-0.2, -0.15) is 0 Å². The molecule has 0 aliphatic rings. The summed E-state index contributed by atoms with van der Waals surface area (Å²) in [5.41, 5.74) is 1.36. The number of anilines is 1. The zero-order chi connectivity index (χ0) is 17.0. The van der Waals surface area contributed by atoms with E-state index >= 15 is 0 Å². The average Bonchev–Trinajstić information content (AvgIpc) is 2.58.